The molecule has 76 heavy (non-hydrogen) atoms. The lowest BCUT2D eigenvalue weighted by molar-refractivity contribution is 0.667. The molecule has 0 aliphatic rings. The van der Waals surface area contributed by atoms with Gasteiger partial charge in [-0.05, 0) is 192 Å². The molecule has 0 aliphatic heterocycles. The van der Waals surface area contributed by atoms with E-state index in [0.717, 1.165) is 37.1 Å². The third-order valence-electron chi connectivity index (χ3n) is 15.2. The van der Waals surface area contributed by atoms with Gasteiger partial charge in [-0.25, -0.2) is 0 Å². The predicted octanol–water partition coefficient (Wildman–Crippen LogP) is 22.6. The molecule has 0 unspecified atom stereocenters. The van der Waals surface area contributed by atoms with Crippen LogP contribution in [0.25, 0.3) is 35.1 Å². The molecule has 0 heterocycles. The SMILES string of the molecule is CCCCCCc1ccc(N(c2ccc(/C=C/c3ccc4cc(/C=C/c5ccc(N(c6ccc(CCCCCC)cc6)c6ccc(CCCCCC)cc6)cc5)ccc4c3)cc2)c2ccc(CCCCCC)cc2)cc1. The van der Waals surface area contributed by atoms with Gasteiger partial charge in [-0.15, -0.1) is 0 Å². The highest BCUT2D eigenvalue weighted by atomic mass is 15.1. The summed E-state index contributed by atoms with van der Waals surface area (Å²) < 4.78 is 0. The van der Waals surface area contributed by atoms with E-state index in [-0.39, 0.29) is 0 Å². The number of benzene rings is 8. The van der Waals surface area contributed by atoms with Gasteiger partial charge in [0.05, 0.1) is 0 Å². The van der Waals surface area contributed by atoms with Gasteiger partial charge < -0.3 is 9.80 Å². The van der Waals surface area contributed by atoms with Gasteiger partial charge in [0.25, 0.3) is 0 Å². The number of rotatable bonds is 30. The maximum atomic E-state index is 2.40. The van der Waals surface area contributed by atoms with Crippen molar-refractivity contribution >= 4 is 69.2 Å². The van der Waals surface area contributed by atoms with Gasteiger partial charge >= 0.3 is 0 Å². The van der Waals surface area contributed by atoms with Crippen LogP contribution >= 0.6 is 0 Å². The number of unbranched alkanes of at least 4 members (excludes halogenated alkanes) is 12. The molecular weight excluding hydrogens is 917 g/mol. The standard InChI is InChI=1S/C74H86N2/c1-5-9-13-17-21-59-31-45-69(46-32-59)75(70-47-33-60(34-48-70)22-18-14-10-6-2)73-53-39-63(40-54-73)25-27-65-29-43-68-58-66(30-44-67(68)57-65)28-26-64-41-55-74(56-42-64)76(71-49-35-61(36-50-71)23-19-15-11-7-3)72-51-37-62(38-52-72)24-20-16-12-8-4/h25-58H,5-24H2,1-4H3/b27-25+,28-26+. The third-order valence-corrected chi connectivity index (χ3v) is 15.2. The highest BCUT2D eigenvalue weighted by Crippen LogP contribution is 2.37. The van der Waals surface area contributed by atoms with Gasteiger partial charge in [-0.1, -0.05) is 226 Å². The monoisotopic (exact) mass is 1000 g/mol. The van der Waals surface area contributed by atoms with Crippen LogP contribution < -0.4 is 9.80 Å². The first-order valence-corrected chi connectivity index (χ1v) is 29.6. The summed E-state index contributed by atoms with van der Waals surface area (Å²) >= 11 is 0. The molecule has 0 saturated carbocycles. The molecule has 0 spiro atoms. The molecule has 2 heteroatoms. The van der Waals surface area contributed by atoms with Crippen LogP contribution in [0.3, 0.4) is 0 Å². The van der Waals surface area contributed by atoms with Gasteiger partial charge in [0.15, 0.2) is 0 Å². The van der Waals surface area contributed by atoms with Crippen molar-refractivity contribution in [3.8, 4) is 0 Å². The number of nitrogens with zero attached hydrogens (tertiary/aromatic N) is 2. The summed E-state index contributed by atoms with van der Waals surface area (Å²) in [7, 11) is 0. The normalized spacial score (nSPS) is 11.6. The van der Waals surface area contributed by atoms with Crippen molar-refractivity contribution in [2.75, 3.05) is 9.80 Å². The molecular formula is C74H86N2. The van der Waals surface area contributed by atoms with E-state index in [4.69, 9.17) is 0 Å². The van der Waals surface area contributed by atoms with Gasteiger partial charge in [0.2, 0.25) is 0 Å². The summed E-state index contributed by atoms with van der Waals surface area (Å²) in [6, 6.07) is 68.6. The summed E-state index contributed by atoms with van der Waals surface area (Å²) in [4.78, 5) is 4.80. The van der Waals surface area contributed by atoms with Crippen molar-refractivity contribution in [1.29, 1.82) is 0 Å². The molecule has 0 fully saturated rings. The third kappa shape index (κ3) is 16.5. The second-order valence-corrected chi connectivity index (χ2v) is 21.3. The van der Waals surface area contributed by atoms with Gasteiger partial charge in [-0.3, -0.25) is 0 Å². The summed E-state index contributed by atoms with van der Waals surface area (Å²) in [5.74, 6) is 0. The van der Waals surface area contributed by atoms with E-state index in [1.807, 2.05) is 0 Å². The lowest BCUT2D eigenvalue weighted by Gasteiger charge is -2.26. The van der Waals surface area contributed by atoms with Gasteiger partial charge in [0, 0.05) is 34.1 Å². The molecule has 8 aromatic carbocycles. The van der Waals surface area contributed by atoms with Crippen LogP contribution in [0.15, 0.2) is 182 Å². The Balaban J connectivity index is 0.928. The maximum absolute atomic E-state index is 2.40. The first-order valence-electron chi connectivity index (χ1n) is 29.6. The molecule has 2 nitrogen and oxygen atoms in total. The van der Waals surface area contributed by atoms with Crippen LogP contribution in [0.5, 0.6) is 0 Å². The fraction of sp³-hybridized carbons (Fsp3) is 0.324. The van der Waals surface area contributed by atoms with Crippen molar-refractivity contribution in [3.05, 3.63) is 226 Å². The zero-order valence-electron chi connectivity index (χ0n) is 46.7. The molecule has 0 N–H and O–H groups in total. The van der Waals surface area contributed by atoms with E-state index in [0.29, 0.717) is 0 Å². The van der Waals surface area contributed by atoms with Crippen molar-refractivity contribution in [3.63, 3.8) is 0 Å². The lowest BCUT2D eigenvalue weighted by atomic mass is 10.0. The van der Waals surface area contributed by atoms with E-state index in [1.54, 1.807) is 0 Å². The minimum absolute atomic E-state index is 1.14. The highest BCUT2D eigenvalue weighted by molar-refractivity contribution is 5.89. The molecule has 0 radical (unpaired) electrons. The van der Waals surface area contributed by atoms with E-state index in [2.05, 4.69) is 244 Å². The molecule has 0 aliphatic carbocycles. The van der Waals surface area contributed by atoms with E-state index in [9.17, 15) is 0 Å². The number of anilines is 6. The topological polar surface area (TPSA) is 6.48 Å². The molecule has 8 rings (SSSR count). The Morgan fingerprint density at radius 1 is 0.237 bits per heavy atom. The number of fused-ring (bicyclic) bond motifs is 1. The Bertz CT molecular complexity index is 2660. The highest BCUT2D eigenvalue weighted by Gasteiger charge is 2.15. The minimum atomic E-state index is 1.14. The quantitative estimate of drug-likeness (QED) is 0.0327. The van der Waals surface area contributed by atoms with Crippen molar-refractivity contribution in [2.45, 2.75) is 156 Å². The Hall–Kier alpha value is -6.90. The van der Waals surface area contributed by atoms with Gasteiger partial charge in [-0.2, -0.15) is 0 Å². The average Bonchev–Trinajstić information content (AvgIpc) is 3.47. The Morgan fingerprint density at radius 3 is 0.711 bits per heavy atom. The molecule has 0 amide bonds. The van der Waals surface area contributed by atoms with Crippen LogP contribution in [0, 0.1) is 0 Å². The van der Waals surface area contributed by atoms with Crippen LogP contribution in [0.4, 0.5) is 34.1 Å². The fourth-order valence-corrected chi connectivity index (χ4v) is 10.5. The summed E-state index contributed by atoms with van der Waals surface area (Å²) in [5, 5.41) is 2.48. The molecule has 0 atom stereocenters. The molecule has 0 aromatic heterocycles. The second kappa shape index (κ2) is 30.0. The van der Waals surface area contributed by atoms with E-state index in [1.165, 1.54) is 181 Å². The smallest absolute Gasteiger partial charge is 0.0462 e. The minimum Gasteiger partial charge on any atom is -0.311 e. The first kappa shape index (κ1) is 55.3. The van der Waals surface area contributed by atoms with Crippen LogP contribution in [-0.4, -0.2) is 0 Å². The summed E-state index contributed by atoms with van der Waals surface area (Å²) in [6.45, 7) is 9.12. The average molecular weight is 1000 g/mol. The van der Waals surface area contributed by atoms with Crippen molar-refractivity contribution in [1.82, 2.24) is 0 Å². The Morgan fingerprint density at radius 2 is 0.461 bits per heavy atom. The molecule has 0 bridgehead atoms. The van der Waals surface area contributed by atoms with Crippen LogP contribution in [-0.2, 0) is 25.7 Å². The molecule has 8 aromatic rings. The largest absolute Gasteiger partial charge is 0.311 e. The van der Waals surface area contributed by atoms with Crippen molar-refractivity contribution in [2.24, 2.45) is 0 Å². The van der Waals surface area contributed by atoms with Gasteiger partial charge in [0.1, 0.15) is 0 Å². The maximum Gasteiger partial charge on any atom is 0.0462 e. The number of hydrogen-bond acceptors (Lipinski definition) is 2. The zero-order chi connectivity index (χ0) is 52.6. The summed E-state index contributed by atoms with van der Waals surface area (Å²) in [6.07, 6.45) is 34.1. The number of aryl methyl sites for hydroxylation is 4. The predicted molar refractivity (Wildman–Crippen MR) is 335 cm³/mol. The Labute approximate surface area is 459 Å². The first-order chi connectivity index (χ1) is 37.5. The van der Waals surface area contributed by atoms with Crippen molar-refractivity contribution < 1.29 is 0 Å². The van der Waals surface area contributed by atoms with E-state index < -0.39 is 0 Å². The molecule has 0 saturated heterocycles. The van der Waals surface area contributed by atoms with E-state index >= 15 is 0 Å². The second-order valence-electron chi connectivity index (χ2n) is 21.3. The molecule has 392 valence electrons. The Kier molecular flexibility index (Phi) is 21.8. The summed E-state index contributed by atoms with van der Waals surface area (Å²) in [5.41, 5.74) is 17.5. The zero-order valence-corrected chi connectivity index (χ0v) is 46.7. The number of hydrogen-bond donors (Lipinski definition) is 0. The lowest BCUT2D eigenvalue weighted by Crippen LogP contribution is -2.10. The van der Waals surface area contributed by atoms with Crippen LogP contribution in [0.2, 0.25) is 0 Å². The van der Waals surface area contributed by atoms with Crippen LogP contribution in [0.1, 0.15) is 175 Å². The fourth-order valence-electron chi connectivity index (χ4n) is 10.5.